The molecule has 1 aliphatic rings. The lowest BCUT2D eigenvalue weighted by Crippen LogP contribution is -2.32. The van der Waals surface area contributed by atoms with Crippen LogP contribution in [-0.4, -0.2) is 42.6 Å². The Hall–Kier alpha value is -2.62. The number of H-pyrrole nitrogens is 1. The highest BCUT2D eigenvalue weighted by atomic mass is 19.4. The van der Waals surface area contributed by atoms with Crippen molar-refractivity contribution in [2.24, 2.45) is 5.92 Å². The Kier molecular flexibility index (Phi) is 4.29. The molecule has 0 aromatic carbocycles. The third-order valence-electron chi connectivity index (χ3n) is 4.82. The van der Waals surface area contributed by atoms with E-state index in [1.54, 1.807) is 16.8 Å². The lowest BCUT2D eigenvalue weighted by Gasteiger charge is -2.27. The van der Waals surface area contributed by atoms with Gasteiger partial charge in [0.1, 0.15) is 5.82 Å². The number of hydrogen-bond donors (Lipinski definition) is 1. The average molecular weight is 380 g/mol. The number of imidazole rings is 1. The molecule has 0 aliphatic carbocycles. The lowest BCUT2D eigenvalue weighted by molar-refractivity contribution is -0.141. The highest BCUT2D eigenvalue weighted by molar-refractivity contribution is 5.36. The summed E-state index contributed by atoms with van der Waals surface area (Å²) in [5.41, 5.74) is 0.233. The molecule has 0 radical (unpaired) electrons. The fraction of sp³-hybridized carbons (Fsp3) is 0.471. The van der Waals surface area contributed by atoms with E-state index in [0.717, 1.165) is 12.6 Å². The maximum absolute atomic E-state index is 12.8. The summed E-state index contributed by atoms with van der Waals surface area (Å²) in [6.45, 7) is 1.71. The molecule has 3 aromatic heterocycles. The molecule has 0 spiro atoms. The molecule has 0 saturated carbocycles. The number of aryl methyl sites for hydroxylation is 1. The van der Waals surface area contributed by atoms with Crippen molar-refractivity contribution in [2.75, 3.05) is 13.6 Å². The quantitative estimate of drug-likeness (QED) is 0.751. The van der Waals surface area contributed by atoms with Crippen LogP contribution in [0.2, 0.25) is 0 Å². The Morgan fingerprint density at radius 1 is 1.37 bits per heavy atom. The van der Waals surface area contributed by atoms with E-state index in [1.807, 2.05) is 11.9 Å². The molecule has 4 heterocycles. The lowest BCUT2D eigenvalue weighted by atomic mass is 9.99. The van der Waals surface area contributed by atoms with E-state index in [9.17, 15) is 18.0 Å². The smallest absolute Gasteiger partial charge is 0.334 e. The van der Waals surface area contributed by atoms with Gasteiger partial charge in [-0.05, 0) is 19.4 Å². The number of alkyl halides is 3. The SMILES string of the molecule is CN(Cc1cc(=O)n2[nH]ccc2n1)C[C@H]1CCc2nc(C(F)(F)F)cn2C1. The van der Waals surface area contributed by atoms with Gasteiger partial charge in [-0.15, -0.1) is 0 Å². The molecule has 1 aliphatic heterocycles. The van der Waals surface area contributed by atoms with Crippen LogP contribution >= 0.6 is 0 Å². The van der Waals surface area contributed by atoms with Crippen molar-refractivity contribution >= 4 is 5.65 Å². The Morgan fingerprint density at radius 2 is 2.19 bits per heavy atom. The van der Waals surface area contributed by atoms with Gasteiger partial charge < -0.3 is 9.47 Å². The average Bonchev–Trinajstić information content (AvgIpc) is 3.20. The van der Waals surface area contributed by atoms with E-state index in [2.05, 4.69) is 15.1 Å². The first-order chi connectivity index (χ1) is 12.8. The minimum atomic E-state index is -4.41. The van der Waals surface area contributed by atoms with E-state index >= 15 is 0 Å². The second-order valence-electron chi connectivity index (χ2n) is 7.04. The van der Waals surface area contributed by atoms with Gasteiger partial charge >= 0.3 is 6.18 Å². The van der Waals surface area contributed by atoms with Crippen LogP contribution in [0.1, 0.15) is 23.6 Å². The third-order valence-corrected chi connectivity index (χ3v) is 4.82. The van der Waals surface area contributed by atoms with E-state index in [4.69, 9.17) is 0 Å². The van der Waals surface area contributed by atoms with Crippen molar-refractivity contribution in [2.45, 2.75) is 32.1 Å². The molecule has 0 saturated heterocycles. The van der Waals surface area contributed by atoms with Crippen LogP contribution in [-0.2, 0) is 25.7 Å². The van der Waals surface area contributed by atoms with Crippen LogP contribution in [0.25, 0.3) is 5.65 Å². The first-order valence-corrected chi connectivity index (χ1v) is 8.67. The highest BCUT2D eigenvalue weighted by Crippen LogP contribution is 2.30. The van der Waals surface area contributed by atoms with Gasteiger partial charge in [-0.25, -0.2) is 14.5 Å². The fourth-order valence-corrected chi connectivity index (χ4v) is 3.64. The predicted molar refractivity (Wildman–Crippen MR) is 91.2 cm³/mol. The number of halogens is 3. The van der Waals surface area contributed by atoms with Gasteiger partial charge in [-0.3, -0.25) is 9.89 Å². The van der Waals surface area contributed by atoms with Crippen molar-refractivity contribution in [3.05, 3.63) is 52.1 Å². The van der Waals surface area contributed by atoms with Crippen LogP contribution in [0.15, 0.2) is 29.3 Å². The summed E-state index contributed by atoms with van der Waals surface area (Å²) in [5, 5.41) is 2.80. The van der Waals surface area contributed by atoms with Crippen LogP contribution in [0, 0.1) is 5.92 Å². The molecule has 144 valence electrons. The standard InChI is InChI=1S/C17H19F3N6O/c1-24(9-12-6-16(27)26-15(22-12)4-5-21-26)7-11-2-3-14-23-13(17(18,19)20)10-25(14)8-11/h4-6,10-11,21H,2-3,7-9H2,1H3/t11-/m1/s1. The third kappa shape index (κ3) is 3.61. The molecular weight excluding hydrogens is 361 g/mol. The van der Waals surface area contributed by atoms with Gasteiger partial charge in [-0.2, -0.15) is 13.2 Å². The van der Waals surface area contributed by atoms with Gasteiger partial charge in [0.05, 0.1) is 5.69 Å². The fourth-order valence-electron chi connectivity index (χ4n) is 3.64. The molecule has 0 bridgehead atoms. The molecule has 0 amide bonds. The summed E-state index contributed by atoms with van der Waals surface area (Å²) in [4.78, 5) is 22.2. The van der Waals surface area contributed by atoms with Crippen LogP contribution in [0.3, 0.4) is 0 Å². The zero-order valence-electron chi connectivity index (χ0n) is 14.7. The summed E-state index contributed by atoms with van der Waals surface area (Å²) in [7, 11) is 1.92. The van der Waals surface area contributed by atoms with E-state index in [-0.39, 0.29) is 11.5 Å². The molecule has 1 N–H and O–H groups in total. The summed E-state index contributed by atoms with van der Waals surface area (Å²) in [5.74, 6) is 0.712. The Balaban J connectivity index is 1.42. The minimum Gasteiger partial charge on any atom is -0.334 e. The molecule has 1 atom stereocenters. The predicted octanol–water partition coefficient (Wildman–Crippen LogP) is 1.93. The molecule has 4 rings (SSSR count). The second kappa shape index (κ2) is 6.52. The Bertz CT molecular complexity index is 1020. The molecule has 10 heteroatoms. The number of nitrogens with zero attached hydrogens (tertiary/aromatic N) is 5. The van der Waals surface area contributed by atoms with E-state index in [1.165, 1.54) is 10.6 Å². The molecule has 3 aromatic rings. The molecule has 0 unspecified atom stereocenters. The maximum Gasteiger partial charge on any atom is 0.434 e. The van der Waals surface area contributed by atoms with Crippen molar-refractivity contribution in [3.8, 4) is 0 Å². The number of fused-ring (bicyclic) bond motifs is 2. The van der Waals surface area contributed by atoms with E-state index in [0.29, 0.717) is 43.2 Å². The summed E-state index contributed by atoms with van der Waals surface area (Å²) >= 11 is 0. The first kappa shape index (κ1) is 17.8. The summed E-state index contributed by atoms with van der Waals surface area (Å²) < 4.78 is 41.4. The van der Waals surface area contributed by atoms with Crippen molar-refractivity contribution in [3.63, 3.8) is 0 Å². The van der Waals surface area contributed by atoms with Crippen LogP contribution < -0.4 is 5.56 Å². The number of nitrogens with one attached hydrogen (secondary N) is 1. The van der Waals surface area contributed by atoms with Gasteiger partial charge in [0.15, 0.2) is 11.3 Å². The minimum absolute atomic E-state index is 0.172. The van der Waals surface area contributed by atoms with Gasteiger partial charge in [0.25, 0.3) is 5.56 Å². The monoisotopic (exact) mass is 380 g/mol. The molecule has 27 heavy (non-hydrogen) atoms. The molecule has 7 nitrogen and oxygen atoms in total. The molecule has 0 fully saturated rings. The first-order valence-electron chi connectivity index (χ1n) is 8.67. The zero-order chi connectivity index (χ0) is 19.2. The second-order valence-corrected chi connectivity index (χ2v) is 7.04. The number of rotatable bonds is 4. The highest BCUT2D eigenvalue weighted by Gasteiger charge is 2.35. The number of hydrogen-bond acceptors (Lipinski definition) is 4. The van der Waals surface area contributed by atoms with Gasteiger partial charge in [-0.1, -0.05) is 0 Å². The van der Waals surface area contributed by atoms with Gasteiger partial charge in [0.2, 0.25) is 0 Å². The van der Waals surface area contributed by atoms with Crippen LogP contribution in [0.5, 0.6) is 0 Å². The Morgan fingerprint density at radius 3 is 2.96 bits per heavy atom. The van der Waals surface area contributed by atoms with Crippen molar-refractivity contribution < 1.29 is 13.2 Å². The molecular formula is C17H19F3N6O. The van der Waals surface area contributed by atoms with E-state index < -0.39 is 11.9 Å². The van der Waals surface area contributed by atoms with Crippen molar-refractivity contribution in [1.82, 2.24) is 29.0 Å². The maximum atomic E-state index is 12.8. The number of aromatic amines is 1. The Labute approximate surface area is 152 Å². The zero-order valence-corrected chi connectivity index (χ0v) is 14.7. The summed E-state index contributed by atoms with van der Waals surface area (Å²) in [6.07, 6.45) is -0.344. The normalized spacial score (nSPS) is 17.6. The van der Waals surface area contributed by atoms with Crippen LogP contribution in [0.4, 0.5) is 13.2 Å². The van der Waals surface area contributed by atoms with Gasteiger partial charge in [0, 0.05) is 50.6 Å². The van der Waals surface area contributed by atoms with Crippen molar-refractivity contribution in [1.29, 1.82) is 0 Å². The largest absolute Gasteiger partial charge is 0.434 e. The topological polar surface area (TPSA) is 71.2 Å². The number of aromatic nitrogens is 5. The summed E-state index contributed by atoms with van der Waals surface area (Å²) in [6, 6.07) is 3.22.